The second-order valence-corrected chi connectivity index (χ2v) is 3.21. The molecule has 0 spiro atoms. The van der Waals surface area contributed by atoms with E-state index >= 15 is 0 Å². The van der Waals surface area contributed by atoms with E-state index in [1.165, 1.54) is 0 Å². The first kappa shape index (κ1) is 12.2. The van der Waals surface area contributed by atoms with Crippen LogP contribution in [0.1, 0.15) is 0 Å². The topological polar surface area (TPSA) is 35.2 Å². The lowest BCUT2D eigenvalue weighted by Crippen LogP contribution is -2.18. The van der Waals surface area contributed by atoms with E-state index in [1.807, 2.05) is 0 Å². The first-order valence-corrected chi connectivity index (χ1v) is 4.16. The fourth-order valence-electron chi connectivity index (χ4n) is 0.806. The van der Waals surface area contributed by atoms with Gasteiger partial charge in [0.05, 0.1) is 10.7 Å². The van der Waals surface area contributed by atoms with Crippen molar-refractivity contribution in [1.29, 1.82) is 0 Å². The first-order chi connectivity index (χ1) is 6.72. The maximum Gasteiger partial charge on any atom is 0.573 e. The van der Waals surface area contributed by atoms with Crippen molar-refractivity contribution in [3.05, 3.63) is 21.9 Å². The molecular weight excluding hydrogens is 261 g/mol. The van der Waals surface area contributed by atoms with Crippen LogP contribution in [0.25, 0.3) is 0 Å². The van der Waals surface area contributed by atoms with Crippen molar-refractivity contribution in [3.63, 3.8) is 0 Å². The van der Waals surface area contributed by atoms with Crippen molar-refractivity contribution < 1.29 is 22.3 Å². The Morgan fingerprint density at radius 1 is 1.20 bits per heavy atom. The average Bonchev–Trinajstić information content (AvgIpc) is 2.07. The summed E-state index contributed by atoms with van der Waals surface area (Å²) in [6.07, 6.45) is -5.05. The number of rotatable bonds is 1. The van der Waals surface area contributed by atoms with E-state index < -0.39 is 28.0 Å². The highest BCUT2D eigenvalue weighted by Crippen LogP contribution is 2.40. The van der Waals surface area contributed by atoms with Gasteiger partial charge in [-0.15, -0.1) is 13.2 Å². The van der Waals surface area contributed by atoms with Gasteiger partial charge >= 0.3 is 6.36 Å². The predicted octanol–water partition coefficient (Wildman–Crippen LogP) is 3.61. The molecule has 84 valence electrons. The molecule has 0 aliphatic rings. The Bertz CT molecular complexity index is 394. The highest BCUT2D eigenvalue weighted by Gasteiger charge is 2.34. The Morgan fingerprint density at radius 2 is 1.73 bits per heavy atom. The third-order valence-corrected chi connectivity index (χ3v) is 2.23. The molecule has 15 heavy (non-hydrogen) atoms. The van der Waals surface area contributed by atoms with E-state index in [1.54, 1.807) is 0 Å². The van der Waals surface area contributed by atoms with E-state index in [2.05, 4.69) is 4.74 Å². The van der Waals surface area contributed by atoms with Gasteiger partial charge in [-0.1, -0.05) is 23.2 Å². The number of hydrogen-bond acceptors (Lipinski definition) is 2. The Labute approximate surface area is 91.5 Å². The van der Waals surface area contributed by atoms with Crippen LogP contribution >= 0.6 is 23.2 Å². The minimum Gasteiger partial charge on any atom is -0.401 e. The molecule has 0 aromatic heterocycles. The number of nitrogens with two attached hydrogens (primary N) is 1. The summed E-state index contributed by atoms with van der Waals surface area (Å²) >= 11 is 10.7. The molecule has 2 nitrogen and oxygen atoms in total. The number of ether oxygens (including phenoxy) is 1. The Hall–Kier alpha value is -0.880. The molecule has 2 N–H and O–H groups in total. The second kappa shape index (κ2) is 3.94. The fraction of sp³-hybridized carbons (Fsp3) is 0.143. The van der Waals surface area contributed by atoms with Gasteiger partial charge < -0.3 is 10.5 Å². The van der Waals surface area contributed by atoms with Crippen molar-refractivity contribution in [2.24, 2.45) is 0 Å². The molecule has 1 rings (SSSR count). The van der Waals surface area contributed by atoms with Crippen molar-refractivity contribution in [2.45, 2.75) is 6.36 Å². The lowest BCUT2D eigenvalue weighted by molar-refractivity contribution is -0.275. The van der Waals surface area contributed by atoms with Gasteiger partial charge in [-0.3, -0.25) is 0 Å². The Kier molecular flexibility index (Phi) is 3.20. The monoisotopic (exact) mass is 263 g/mol. The summed E-state index contributed by atoms with van der Waals surface area (Å²) < 4.78 is 51.8. The van der Waals surface area contributed by atoms with Gasteiger partial charge in [-0.25, -0.2) is 4.39 Å². The van der Waals surface area contributed by atoms with Gasteiger partial charge in [-0.2, -0.15) is 0 Å². The summed E-state index contributed by atoms with van der Waals surface area (Å²) in [6.45, 7) is 0. The molecule has 0 atom stereocenters. The van der Waals surface area contributed by atoms with Crippen LogP contribution in [0.4, 0.5) is 23.2 Å². The highest BCUT2D eigenvalue weighted by atomic mass is 35.5. The van der Waals surface area contributed by atoms with Gasteiger partial charge in [-0.05, 0) is 0 Å². The maximum absolute atomic E-state index is 13.0. The summed E-state index contributed by atoms with van der Waals surface area (Å²) in [7, 11) is 0. The van der Waals surface area contributed by atoms with E-state index in [4.69, 9.17) is 28.9 Å². The number of hydrogen-bond donors (Lipinski definition) is 1. The molecule has 0 amide bonds. The standard InChI is InChI=1S/C7H3Cl2F4NO/c8-4-3(14)1-2(10)6(5(4)9)15-7(11,12)13/h1H,14H2. The normalized spacial score (nSPS) is 11.6. The SMILES string of the molecule is Nc1cc(F)c(OC(F)(F)F)c(Cl)c1Cl. The van der Waals surface area contributed by atoms with E-state index in [-0.39, 0.29) is 5.69 Å². The van der Waals surface area contributed by atoms with E-state index in [0.717, 1.165) is 0 Å². The van der Waals surface area contributed by atoms with Gasteiger partial charge in [0.1, 0.15) is 5.02 Å². The van der Waals surface area contributed by atoms with Crippen LogP contribution in [0.3, 0.4) is 0 Å². The Balaban J connectivity index is 3.24. The van der Waals surface area contributed by atoms with Crippen LogP contribution in [0, 0.1) is 5.82 Å². The molecule has 0 aliphatic heterocycles. The Morgan fingerprint density at radius 3 is 2.20 bits per heavy atom. The summed E-state index contributed by atoms with van der Waals surface area (Å²) in [4.78, 5) is 0. The van der Waals surface area contributed by atoms with E-state index in [9.17, 15) is 17.6 Å². The second-order valence-electron chi connectivity index (χ2n) is 2.45. The third-order valence-electron chi connectivity index (χ3n) is 1.36. The quantitative estimate of drug-likeness (QED) is 0.477. The number of nitrogen functional groups attached to an aromatic ring is 1. The molecule has 0 heterocycles. The third kappa shape index (κ3) is 2.79. The molecule has 0 fully saturated rings. The molecular formula is C7H3Cl2F4NO. The van der Waals surface area contributed by atoms with Gasteiger partial charge in [0.25, 0.3) is 0 Å². The van der Waals surface area contributed by atoms with Gasteiger partial charge in [0.2, 0.25) is 0 Å². The molecule has 1 aromatic rings. The lowest BCUT2D eigenvalue weighted by Gasteiger charge is -2.12. The van der Waals surface area contributed by atoms with Gasteiger partial charge in [0.15, 0.2) is 11.6 Å². The zero-order valence-electron chi connectivity index (χ0n) is 6.83. The van der Waals surface area contributed by atoms with Crippen molar-refractivity contribution in [1.82, 2.24) is 0 Å². The molecule has 1 aromatic carbocycles. The van der Waals surface area contributed by atoms with Crippen molar-refractivity contribution >= 4 is 28.9 Å². The maximum atomic E-state index is 13.0. The summed E-state index contributed by atoms with van der Waals surface area (Å²) in [5.41, 5.74) is 4.89. The molecule has 0 saturated heterocycles. The molecule has 0 saturated carbocycles. The van der Waals surface area contributed by atoms with Gasteiger partial charge in [0, 0.05) is 6.07 Å². The van der Waals surface area contributed by atoms with Crippen molar-refractivity contribution in [2.75, 3.05) is 5.73 Å². The highest BCUT2D eigenvalue weighted by molar-refractivity contribution is 6.44. The smallest absolute Gasteiger partial charge is 0.401 e. The number of halogens is 6. The molecule has 0 unspecified atom stereocenters. The largest absolute Gasteiger partial charge is 0.573 e. The van der Waals surface area contributed by atoms with E-state index in [0.29, 0.717) is 6.07 Å². The molecule has 0 bridgehead atoms. The molecule has 0 radical (unpaired) electrons. The van der Waals surface area contributed by atoms with Crippen LogP contribution < -0.4 is 10.5 Å². The van der Waals surface area contributed by atoms with Crippen molar-refractivity contribution in [3.8, 4) is 5.75 Å². The number of benzene rings is 1. The predicted molar refractivity (Wildman–Crippen MR) is 47.5 cm³/mol. The van der Waals surface area contributed by atoms with Crippen LogP contribution in [0.5, 0.6) is 5.75 Å². The average molecular weight is 264 g/mol. The van der Waals surface area contributed by atoms with Crippen LogP contribution in [0.2, 0.25) is 10.0 Å². The zero-order valence-corrected chi connectivity index (χ0v) is 8.34. The zero-order chi connectivity index (χ0) is 11.8. The minimum absolute atomic E-state index is 0.270. The minimum atomic E-state index is -5.05. The fourth-order valence-corrected chi connectivity index (χ4v) is 1.18. The number of anilines is 1. The molecule has 8 heteroatoms. The summed E-state index contributed by atoms with van der Waals surface area (Å²) in [5, 5.41) is -1.11. The summed E-state index contributed by atoms with van der Waals surface area (Å²) in [6, 6.07) is 0.593. The summed E-state index contributed by atoms with van der Waals surface area (Å²) in [5.74, 6) is -2.53. The van der Waals surface area contributed by atoms with Crippen LogP contribution in [-0.2, 0) is 0 Å². The van der Waals surface area contributed by atoms with Crippen LogP contribution in [-0.4, -0.2) is 6.36 Å². The molecule has 0 aliphatic carbocycles. The lowest BCUT2D eigenvalue weighted by atomic mass is 10.3. The van der Waals surface area contributed by atoms with Crippen LogP contribution in [0.15, 0.2) is 6.07 Å². The number of alkyl halides is 3. The first-order valence-electron chi connectivity index (χ1n) is 3.41.